The summed E-state index contributed by atoms with van der Waals surface area (Å²) in [5.74, 6) is 0.782. The maximum Gasteiger partial charge on any atom is 0.416 e. The number of nitrogens with zero attached hydrogens (tertiary/aromatic N) is 3. The van der Waals surface area contributed by atoms with Gasteiger partial charge >= 0.3 is 18.2 Å². The molecule has 0 fully saturated rings. The van der Waals surface area contributed by atoms with E-state index in [0.29, 0.717) is 36.7 Å². The van der Waals surface area contributed by atoms with Gasteiger partial charge in [-0.25, -0.2) is 9.78 Å². The van der Waals surface area contributed by atoms with Crippen LogP contribution in [-0.2, 0) is 33.3 Å². The van der Waals surface area contributed by atoms with Crippen LogP contribution in [0.4, 0.5) is 23.8 Å². The lowest BCUT2D eigenvalue weighted by Gasteiger charge is -2.31. The molecule has 0 saturated carbocycles. The molecule has 1 amide bonds. The Labute approximate surface area is 259 Å². The zero-order valence-corrected chi connectivity index (χ0v) is 25.7. The van der Waals surface area contributed by atoms with Gasteiger partial charge in [0.15, 0.2) is 0 Å². The largest absolute Gasteiger partial charge is 0.493 e. The number of hydrogen-bond acceptors (Lipinski definition) is 6. The zero-order chi connectivity index (χ0) is 32.4. The number of rotatable bonds is 8. The number of esters is 1. The topological polar surface area (TPSA) is 82.9 Å². The first kappa shape index (κ1) is 31.9. The van der Waals surface area contributed by atoms with Crippen molar-refractivity contribution >= 4 is 28.8 Å². The number of carbonyl (C=O) groups is 2. The highest BCUT2D eigenvalue weighted by Crippen LogP contribution is 2.34. The number of hydrogen-bond donors (Lipinski definition) is 0. The molecule has 1 aliphatic heterocycles. The Balaban J connectivity index is 1.29. The Morgan fingerprint density at radius 3 is 2.44 bits per heavy atom. The van der Waals surface area contributed by atoms with Gasteiger partial charge in [0.05, 0.1) is 31.7 Å². The maximum atomic E-state index is 13.1. The number of methoxy groups -OCH3 is 1. The molecule has 8 nitrogen and oxygen atoms in total. The lowest BCUT2D eigenvalue weighted by Crippen LogP contribution is -2.40. The summed E-state index contributed by atoms with van der Waals surface area (Å²) in [7, 11) is 1.28. The van der Waals surface area contributed by atoms with E-state index in [9.17, 15) is 22.8 Å². The molecule has 1 aliphatic rings. The Bertz CT molecular complexity index is 1680. The summed E-state index contributed by atoms with van der Waals surface area (Å²) in [4.78, 5) is 31.4. The van der Waals surface area contributed by atoms with Crippen molar-refractivity contribution in [2.45, 2.75) is 64.3 Å². The van der Waals surface area contributed by atoms with E-state index < -0.39 is 35.4 Å². The Morgan fingerprint density at radius 2 is 1.76 bits per heavy atom. The van der Waals surface area contributed by atoms with Crippen LogP contribution >= 0.6 is 0 Å². The Hall–Kier alpha value is -4.54. The summed E-state index contributed by atoms with van der Waals surface area (Å²) in [5.41, 5.74) is 1.77. The fraction of sp³-hybridized carbons (Fsp3) is 0.382. The van der Waals surface area contributed by atoms with Crippen molar-refractivity contribution in [3.8, 4) is 5.75 Å². The number of halogens is 3. The van der Waals surface area contributed by atoms with Crippen molar-refractivity contribution < 1.29 is 37.0 Å². The van der Waals surface area contributed by atoms with Gasteiger partial charge < -0.3 is 18.8 Å². The molecule has 0 aliphatic carbocycles. The zero-order valence-electron chi connectivity index (χ0n) is 25.7. The number of aryl methyl sites for hydroxylation is 1. The normalized spacial score (nSPS) is 14.2. The minimum atomic E-state index is -4.46. The molecule has 0 N–H and O–H groups in total. The van der Waals surface area contributed by atoms with E-state index in [4.69, 9.17) is 19.2 Å². The molecule has 1 atom stereocenters. The van der Waals surface area contributed by atoms with Gasteiger partial charge in [-0.05, 0) is 87.2 Å². The Kier molecular flexibility index (Phi) is 9.08. The van der Waals surface area contributed by atoms with E-state index in [1.807, 2.05) is 61.7 Å². The van der Waals surface area contributed by atoms with E-state index >= 15 is 0 Å². The van der Waals surface area contributed by atoms with Crippen molar-refractivity contribution in [1.29, 1.82) is 0 Å². The highest BCUT2D eigenvalue weighted by Gasteiger charge is 2.31. The monoisotopic (exact) mass is 623 g/mol. The summed E-state index contributed by atoms with van der Waals surface area (Å²) < 4.78 is 57.8. The highest BCUT2D eigenvalue weighted by atomic mass is 19.4. The summed E-state index contributed by atoms with van der Waals surface area (Å²) in [5, 5.41) is 0.842. The van der Waals surface area contributed by atoms with Crippen LogP contribution in [0, 0.1) is 0 Å². The minimum Gasteiger partial charge on any atom is -0.493 e. The number of benzene rings is 2. The number of alkyl halides is 3. The second-order valence-corrected chi connectivity index (χ2v) is 12.0. The average molecular weight is 624 g/mol. The third kappa shape index (κ3) is 7.58. The molecule has 11 heteroatoms. The van der Waals surface area contributed by atoms with Crippen LogP contribution in [-0.4, -0.2) is 47.5 Å². The number of ether oxygens (including phenoxy) is 3. The fourth-order valence-electron chi connectivity index (χ4n) is 5.40. The molecule has 1 unspecified atom stereocenters. The number of pyridine rings is 1. The first-order valence-corrected chi connectivity index (χ1v) is 14.8. The summed E-state index contributed by atoms with van der Waals surface area (Å²) in [6.07, 6.45) is -0.911. The molecule has 2 aromatic carbocycles. The van der Waals surface area contributed by atoms with Gasteiger partial charge in [-0.3, -0.25) is 9.69 Å². The fourth-order valence-corrected chi connectivity index (χ4v) is 5.40. The van der Waals surface area contributed by atoms with Crippen LogP contribution in [0.15, 0.2) is 66.9 Å². The molecule has 0 radical (unpaired) electrons. The average Bonchev–Trinajstić information content (AvgIpc) is 3.41. The van der Waals surface area contributed by atoms with Crippen molar-refractivity contribution in [2.24, 2.45) is 0 Å². The van der Waals surface area contributed by atoms with Gasteiger partial charge in [0.2, 0.25) is 0 Å². The van der Waals surface area contributed by atoms with Crippen LogP contribution in [0.2, 0.25) is 0 Å². The molecule has 238 valence electrons. The van der Waals surface area contributed by atoms with Crippen LogP contribution in [0.1, 0.15) is 62.0 Å². The highest BCUT2D eigenvalue weighted by molar-refractivity contribution is 5.88. The number of carbonyl (C=O) groups excluding carboxylic acids is 2. The second kappa shape index (κ2) is 12.8. The van der Waals surface area contributed by atoms with E-state index in [2.05, 4.69) is 0 Å². The molecular weight excluding hydrogens is 587 g/mol. The smallest absolute Gasteiger partial charge is 0.416 e. The quantitative estimate of drug-likeness (QED) is 0.189. The summed E-state index contributed by atoms with van der Waals surface area (Å²) in [6, 6.07) is 15.6. The van der Waals surface area contributed by atoms with E-state index in [-0.39, 0.29) is 6.42 Å². The molecule has 2 aromatic heterocycles. The lowest BCUT2D eigenvalue weighted by atomic mass is 10.0. The van der Waals surface area contributed by atoms with Crippen LogP contribution < -0.4 is 9.64 Å². The van der Waals surface area contributed by atoms with Crippen molar-refractivity contribution in [3.05, 3.63) is 89.2 Å². The second-order valence-electron chi connectivity index (χ2n) is 12.0. The Morgan fingerprint density at radius 1 is 1.00 bits per heavy atom. The first-order chi connectivity index (χ1) is 21.3. The molecule has 4 aromatic rings. The first-order valence-electron chi connectivity index (χ1n) is 14.8. The standard InChI is InChI=1S/C34H36F3N3O5/c1-33(2,3)45-32(42)40-17-5-6-23-9-12-26(38-31(23)40)16-19-44-27-13-14-28-24(20-27)15-18-39(28)29(21-30(41)43-4)22-7-10-25(11-8-22)34(35,36)37/h7-15,18,20,29H,5-6,16-17,19,21H2,1-4H3. The molecule has 0 spiro atoms. The van der Waals surface area contributed by atoms with Crippen LogP contribution in [0.3, 0.4) is 0 Å². The van der Waals surface area contributed by atoms with Crippen molar-refractivity contribution in [1.82, 2.24) is 9.55 Å². The van der Waals surface area contributed by atoms with Crippen LogP contribution in [0.5, 0.6) is 5.75 Å². The number of anilines is 1. The summed E-state index contributed by atoms with van der Waals surface area (Å²) in [6.45, 7) is 6.41. The van der Waals surface area contributed by atoms with Gasteiger partial charge in [-0.2, -0.15) is 13.2 Å². The molecule has 45 heavy (non-hydrogen) atoms. The number of aromatic nitrogens is 2. The van der Waals surface area contributed by atoms with Gasteiger partial charge in [0, 0.05) is 35.8 Å². The maximum absolute atomic E-state index is 13.1. The van der Waals surface area contributed by atoms with Gasteiger partial charge in [-0.1, -0.05) is 18.2 Å². The van der Waals surface area contributed by atoms with Gasteiger partial charge in [-0.15, -0.1) is 0 Å². The van der Waals surface area contributed by atoms with Crippen LogP contribution in [0.25, 0.3) is 10.9 Å². The summed E-state index contributed by atoms with van der Waals surface area (Å²) >= 11 is 0. The third-order valence-corrected chi connectivity index (χ3v) is 7.58. The lowest BCUT2D eigenvalue weighted by molar-refractivity contribution is -0.141. The van der Waals surface area contributed by atoms with Crippen molar-refractivity contribution in [2.75, 3.05) is 25.2 Å². The van der Waals surface area contributed by atoms with Crippen molar-refractivity contribution in [3.63, 3.8) is 0 Å². The van der Waals surface area contributed by atoms with Gasteiger partial charge in [0.1, 0.15) is 17.2 Å². The van der Waals surface area contributed by atoms with Gasteiger partial charge in [0.25, 0.3) is 0 Å². The predicted molar refractivity (Wildman–Crippen MR) is 163 cm³/mol. The number of amides is 1. The molecule has 3 heterocycles. The molecule has 0 saturated heterocycles. The van der Waals surface area contributed by atoms with E-state index in [1.165, 1.54) is 19.2 Å². The van der Waals surface area contributed by atoms with E-state index in [0.717, 1.165) is 47.1 Å². The molecular formula is C34H36F3N3O5. The minimum absolute atomic E-state index is 0.0525. The molecule has 5 rings (SSSR count). The number of fused-ring (bicyclic) bond motifs is 2. The molecule has 0 bridgehead atoms. The van der Waals surface area contributed by atoms with E-state index in [1.54, 1.807) is 11.1 Å². The SMILES string of the molecule is COC(=O)CC(c1ccc(C(F)(F)F)cc1)n1ccc2cc(OCCc3ccc4c(n3)N(C(=O)OC(C)(C)C)CCC4)ccc21. The predicted octanol–water partition coefficient (Wildman–Crippen LogP) is 7.52. The third-order valence-electron chi connectivity index (χ3n) is 7.58.